The standard InChI is InChI=1S/C22H24N6O4S/c1-28(33(30,31)20-13-23-14-24-20)22-21(25-17-7-3-4-8-18(17)27-22)26-19-12-16(32-2)10-9-15(19)6-5-11-29/h3-4,7-10,12-14,29H,5-6,11H2,1-2H3,(H,23,24)(H,25,26). The molecule has 0 amide bonds. The van der Waals surface area contributed by atoms with Crippen molar-refractivity contribution in [1.82, 2.24) is 19.9 Å². The number of nitrogens with one attached hydrogen (secondary N) is 2. The van der Waals surface area contributed by atoms with Gasteiger partial charge in [-0.1, -0.05) is 18.2 Å². The van der Waals surface area contributed by atoms with E-state index in [0.29, 0.717) is 35.3 Å². The van der Waals surface area contributed by atoms with Crippen LogP contribution in [0.5, 0.6) is 5.75 Å². The van der Waals surface area contributed by atoms with E-state index in [1.165, 1.54) is 19.6 Å². The minimum absolute atomic E-state index is 0.0532. The summed E-state index contributed by atoms with van der Waals surface area (Å²) >= 11 is 0. The average Bonchev–Trinajstić information content (AvgIpc) is 3.38. The Balaban J connectivity index is 1.84. The summed E-state index contributed by atoms with van der Waals surface area (Å²) in [5.41, 5.74) is 2.76. The summed E-state index contributed by atoms with van der Waals surface area (Å²) < 4.78 is 32.7. The van der Waals surface area contributed by atoms with Gasteiger partial charge in [0.05, 0.1) is 30.7 Å². The molecule has 0 aliphatic heterocycles. The van der Waals surface area contributed by atoms with Crippen LogP contribution in [-0.4, -0.2) is 54.2 Å². The number of aromatic nitrogens is 4. The van der Waals surface area contributed by atoms with Gasteiger partial charge in [-0.15, -0.1) is 0 Å². The van der Waals surface area contributed by atoms with Crippen molar-refractivity contribution in [3.63, 3.8) is 0 Å². The molecule has 0 aliphatic rings. The number of aryl methyl sites for hydroxylation is 1. The molecule has 0 bridgehead atoms. The van der Waals surface area contributed by atoms with Crippen LogP contribution in [0.4, 0.5) is 17.3 Å². The number of sulfonamides is 1. The Morgan fingerprint density at radius 1 is 1.15 bits per heavy atom. The van der Waals surface area contributed by atoms with Crippen molar-refractivity contribution in [2.45, 2.75) is 17.9 Å². The largest absolute Gasteiger partial charge is 0.497 e. The maximum absolute atomic E-state index is 13.2. The molecule has 0 saturated carbocycles. The van der Waals surface area contributed by atoms with E-state index >= 15 is 0 Å². The number of aromatic amines is 1. The van der Waals surface area contributed by atoms with Crippen LogP contribution >= 0.6 is 0 Å². The second kappa shape index (κ2) is 9.43. The predicted molar refractivity (Wildman–Crippen MR) is 125 cm³/mol. The Hall–Kier alpha value is -3.70. The lowest BCUT2D eigenvalue weighted by molar-refractivity contribution is 0.288. The first-order chi connectivity index (χ1) is 15.9. The summed E-state index contributed by atoms with van der Waals surface area (Å²) in [6.07, 6.45) is 3.73. The van der Waals surface area contributed by atoms with Crippen molar-refractivity contribution in [2.75, 3.05) is 30.4 Å². The van der Waals surface area contributed by atoms with Gasteiger partial charge in [0.25, 0.3) is 10.0 Å². The fourth-order valence-electron chi connectivity index (χ4n) is 3.35. The summed E-state index contributed by atoms with van der Waals surface area (Å²) in [5, 5.41) is 12.5. The summed E-state index contributed by atoms with van der Waals surface area (Å²) in [7, 11) is -0.971. The molecule has 0 spiro atoms. The highest BCUT2D eigenvalue weighted by Crippen LogP contribution is 2.33. The van der Waals surface area contributed by atoms with Gasteiger partial charge in [-0.25, -0.2) is 19.3 Å². The molecule has 0 radical (unpaired) electrons. The topological polar surface area (TPSA) is 133 Å². The van der Waals surface area contributed by atoms with Gasteiger partial charge in [-0.05, 0) is 36.6 Å². The fourth-order valence-corrected chi connectivity index (χ4v) is 4.40. The van der Waals surface area contributed by atoms with Gasteiger partial charge in [-0.2, -0.15) is 8.42 Å². The zero-order valence-corrected chi connectivity index (χ0v) is 19.0. The van der Waals surface area contributed by atoms with Crippen molar-refractivity contribution in [1.29, 1.82) is 0 Å². The van der Waals surface area contributed by atoms with Crippen LogP contribution in [0, 0.1) is 0 Å². The van der Waals surface area contributed by atoms with E-state index in [1.54, 1.807) is 25.3 Å². The van der Waals surface area contributed by atoms with Crippen molar-refractivity contribution >= 4 is 38.4 Å². The number of methoxy groups -OCH3 is 1. The molecule has 4 rings (SSSR count). The number of aliphatic hydroxyl groups excluding tert-OH is 1. The third kappa shape index (κ3) is 4.59. The summed E-state index contributed by atoms with van der Waals surface area (Å²) in [4.78, 5) is 15.7. The van der Waals surface area contributed by atoms with E-state index in [0.717, 1.165) is 9.87 Å². The molecule has 4 aromatic rings. The second-order valence-corrected chi connectivity index (χ2v) is 9.19. The summed E-state index contributed by atoms with van der Waals surface area (Å²) in [5.74, 6) is 1.01. The highest BCUT2D eigenvalue weighted by Gasteiger charge is 2.27. The normalized spacial score (nSPS) is 11.5. The minimum atomic E-state index is -3.95. The van der Waals surface area contributed by atoms with Crippen molar-refractivity contribution in [2.24, 2.45) is 0 Å². The van der Waals surface area contributed by atoms with Gasteiger partial charge in [0.15, 0.2) is 16.7 Å². The van der Waals surface area contributed by atoms with Crippen LogP contribution < -0.4 is 14.4 Å². The van der Waals surface area contributed by atoms with Gasteiger partial charge < -0.3 is 20.1 Å². The van der Waals surface area contributed by atoms with Crippen molar-refractivity contribution in [3.05, 3.63) is 60.6 Å². The summed E-state index contributed by atoms with van der Waals surface area (Å²) in [6, 6.07) is 12.8. The Morgan fingerprint density at radius 3 is 2.58 bits per heavy atom. The Labute approximate surface area is 191 Å². The average molecular weight is 469 g/mol. The van der Waals surface area contributed by atoms with E-state index in [9.17, 15) is 13.5 Å². The molecular weight excluding hydrogens is 444 g/mol. The number of fused-ring (bicyclic) bond motifs is 1. The first kappa shape index (κ1) is 22.5. The van der Waals surface area contributed by atoms with E-state index in [1.807, 2.05) is 24.3 Å². The third-order valence-corrected chi connectivity index (χ3v) is 6.81. The summed E-state index contributed by atoms with van der Waals surface area (Å²) in [6.45, 7) is 0.0532. The third-order valence-electron chi connectivity index (χ3n) is 5.14. The lowest BCUT2D eigenvalue weighted by Crippen LogP contribution is -2.28. The number of hydrogen-bond donors (Lipinski definition) is 3. The SMILES string of the molecule is COc1ccc(CCCO)c(Nc2nc3ccccc3nc2N(C)S(=O)(=O)c2cnc[nH]2)c1. The van der Waals surface area contributed by atoms with E-state index in [2.05, 4.69) is 25.3 Å². The van der Waals surface area contributed by atoms with E-state index < -0.39 is 10.0 Å². The number of nitrogens with zero attached hydrogens (tertiary/aromatic N) is 4. The van der Waals surface area contributed by atoms with Crippen molar-refractivity contribution < 1.29 is 18.3 Å². The maximum atomic E-state index is 13.2. The molecule has 2 heterocycles. The quantitative estimate of drug-likeness (QED) is 0.341. The highest BCUT2D eigenvalue weighted by atomic mass is 32.2. The monoisotopic (exact) mass is 468 g/mol. The lowest BCUT2D eigenvalue weighted by atomic mass is 10.1. The number of aliphatic hydroxyl groups is 1. The lowest BCUT2D eigenvalue weighted by Gasteiger charge is -2.22. The molecule has 10 nitrogen and oxygen atoms in total. The molecule has 33 heavy (non-hydrogen) atoms. The molecule has 0 unspecified atom stereocenters. The molecule has 172 valence electrons. The first-order valence-corrected chi connectivity index (χ1v) is 11.7. The van der Waals surface area contributed by atoms with Crippen LogP contribution in [0.2, 0.25) is 0 Å². The molecular formula is C22H24N6O4S. The van der Waals surface area contributed by atoms with Gasteiger partial charge in [0, 0.05) is 25.4 Å². The highest BCUT2D eigenvalue weighted by molar-refractivity contribution is 7.92. The number of hydrogen-bond acceptors (Lipinski definition) is 8. The number of anilines is 3. The van der Waals surface area contributed by atoms with Crippen LogP contribution in [0.25, 0.3) is 11.0 Å². The smallest absolute Gasteiger partial charge is 0.282 e. The van der Waals surface area contributed by atoms with Crippen LogP contribution in [0.15, 0.2) is 60.0 Å². The molecule has 2 aromatic carbocycles. The van der Waals surface area contributed by atoms with Gasteiger partial charge in [-0.3, -0.25) is 0 Å². The van der Waals surface area contributed by atoms with Gasteiger partial charge in [0.1, 0.15) is 5.75 Å². The van der Waals surface area contributed by atoms with Crippen molar-refractivity contribution in [3.8, 4) is 5.75 Å². The Bertz CT molecular complexity index is 1360. The molecule has 0 saturated heterocycles. The number of para-hydroxylation sites is 2. The van der Waals surface area contributed by atoms with Gasteiger partial charge in [0.2, 0.25) is 0 Å². The molecule has 0 aliphatic carbocycles. The number of ether oxygens (including phenoxy) is 1. The first-order valence-electron chi connectivity index (χ1n) is 10.2. The Kier molecular flexibility index (Phi) is 6.43. The van der Waals surface area contributed by atoms with E-state index in [4.69, 9.17) is 4.74 Å². The zero-order chi connectivity index (χ0) is 23.4. The van der Waals surface area contributed by atoms with E-state index in [-0.39, 0.29) is 23.3 Å². The molecule has 0 fully saturated rings. The fraction of sp³-hybridized carbons (Fsp3) is 0.227. The van der Waals surface area contributed by atoms with Crippen LogP contribution in [0.3, 0.4) is 0 Å². The van der Waals surface area contributed by atoms with Crippen LogP contribution in [-0.2, 0) is 16.4 Å². The molecule has 11 heteroatoms. The zero-order valence-electron chi connectivity index (χ0n) is 18.2. The number of imidazole rings is 1. The molecule has 0 atom stereocenters. The molecule has 3 N–H and O–H groups in total. The number of rotatable bonds is 9. The maximum Gasteiger partial charge on any atom is 0.282 e. The van der Waals surface area contributed by atoms with Gasteiger partial charge >= 0.3 is 0 Å². The Morgan fingerprint density at radius 2 is 1.91 bits per heavy atom. The van der Waals surface area contributed by atoms with Crippen LogP contribution in [0.1, 0.15) is 12.0 Å². The number of benzene rings is 2. The number of H-pyrrole nitrogens is 1. The second-order valence-electron chi connectivity index (χ2n) is 7.25. The minimum Gasteiger partial charge on any atom is -0.497 e. The molecule has 2 aromatic heterocycles. The predicted octanol–water partition coefficient (Wildman–Crippen LogP) is 2.86.